The monoisotopic (exact) mass is 472 g/mol. The molecule has 2 aromatic rings. The molecule has 0 saturated heterocycles. The zero-order chi connectivity index (χ0) is 22.5. The zero-order valence-electron chi connectivity index (χ0n) is 16.6. The van der Waals surface area contributed by atoms with Crippen LogP contribution in [0.4, 0.5) is 5.69 Å². The first-order chi connectivity index (χ1) is 14.0. The Labute approximate surface area is 185 Å². The van der Waals surface area contributed by atoms with Crippen molar-refractivity contribution in [1.82, 2.24) is 4.72 Å². The van der Waals surface area contributed by atoms with E-state index in [-0.39, 0.29) is 4.90 Å². The van der Waals surface area contributed by atoms with E-state index >= 15 is 0 Å². The highest BCUT2D eigenvalue weighted by atomic mass is 35.5. The lowest BCUT2D eigenvalue weighted by molar-refractivity contribution is -0.155. The number of carbonyl (C=O) groups is 2. The van der Waals surface area contributed by atoms with E-state index in [4.69, 9.17) is 27.9 Å². The Hall–Kier alpha value is -2.13. The van der Waals surface area contributed by atoms with Crippen molar-refractivity contribution < 1.29 is 22.7 Å². The molecule has 0 aliphatic heterocycles. The summed E-state index contributed by atoms with van der Waals surface area (Å²) < 4.78 is 32.7. The fraction of sp³-hybridized carbons (Fsp3) is 0.300. The largest absolute Gasteiger partial charge is 0.451 e. The number of amides is 1. The molecular weight excluding hydrogens is 451 g/mol. The molecular formula is C20H22Cl2N2O5S. The van der Waals surface area contributed by atoms with Gasteiger partial charge in [-0.3, -0.25) is 9.59 Å². The molecule has 1 amide bonds. The number of sulfonamides is 1. The highest BCUT2D eigenvalue weighted by Gasteiger charge is 2.31. The van der Waals surface area contributed by atoms with Crippen LogP contribution in [0.25, 0.3) is 0 Å². The number of halogens is 2. The van der Waals surface area contributed by atoms with Crippen molar-refractivity contribution in [3.63, 3.8) is 0 Å². The summed E-state index contributed by atoms with van der Waals surface area (Å²) in [5, 5.41) is 3.21. The van der Waals surface area contributed by atoms with Crippen molar-refractivity contribution >= 4 is 50.8 Å². The number of nitrogens with one attached hydrogen (secondary N) is 2. The summed E-state index contributed by atoms with van der Waals surface area (Å²) in [5.41, 5.74) is 0.339. The topological polar surface area (TPSA) is 102 Å². The van der Waals surface area contributed by atoms with Gasteiger partial charge in [0.15, 0.2) is 6.10 Å². The first-order valence-corrected chi connectivity index (χ1v) is 11.3. The smallest absolute Gasteiger partial charge is 0.325 e. The summed E-state index contributed by atoms with van der Waals surface area (Å²) in [6.07, 6.45) is -1.18. The Bertz CT molecular complexity index is 993. The molecule has 162 valence electrons. The highest BCUT2D eigenvalue weighted by Crippen LogP contribution is 2.22. The van der Waals surface area contributed by atoms with E-state index in [0.29, 0.717) is 15.7 Å². The van der Waals surface area contributed by atoms with Gasteiger partial charge in [0.2, 0.25) is 10.0 Å². The molecule has 0 fully saturated rings. The standard InChI is InChI=1S/C20H22Cl2N2O5S/c1-12(2)18(24-30(27,28)17-7-5-4-6-8-17)20(26)29-13(3)19(25)23-16-10-14(21)9-15(22)11-16/h4-13,18,24H,1-3H3,(H,23,25)/t13-,18+/m0/s1. The third kappa shape index (κ3) is 6.70. The molecule has 0 unspecified atom stereocenters. The van der Waals surface area contributed by atoms with Crippen LogP contribution >= 0.6 is 23.2 Å². The fourth-order valence-corrected chi connectivity index (χ4v) is 4.34. The third-order valence-corrected chi connectivity index (χ3v) is 5.94. The number of hydrogen-bond acceptors (Lipinski definition) is 5. The Kier molecular flexibility index (Phi) is 8.25. The number of carbonyl (C=O) groups excluding carboxylic acids is 2. The van der Waals surface area contributed by atoms with E-state index in [1.165, 1.54) is 37.3 Å². The van der Waals surface area contributed by atoms with Crippen LogP contribution in [0.5, 0.6) is 0 Å². The number of rotatable bonds is 8. The molecule has 2 rings (SSSR count). The van der Waals surface area contributed by atoms with E-state index in [2.05, 4.69) is 10.0 Å². The molecule has 2 aromatic carbocycles. The second-order valence-electron chi connectivity index (χ2n) is 6.88. The van der Waals surface area contributed by atoms with Crippen molar-refractivity contribution in [2.45, 2.75) is 37.8 Å². The van der Waals surface area contributed by atoms with Crippen molar-refractivity contribution in [2.75, 3.05) is 5.32 Å². The average Bonchev–Trinajstić information content (AvgIpc) is 2.65. The average molecular weight is 473 g/mol. The van der Waals surface area contributed by atoms with Crippen molar-refractivity contribution in [3.8, 4) is 0 Å². The van der Waals surface area contributed by atoms with Gasteiger partial charge in [-0.1, -0.05) is 55.2 Å². The minimum atomic E-state index is -3.94. The van der Waals surface area contributed by atoms with E-state index in [9.17, 15) is 18.0 Å². The van der Waals surface area contributed by atoms with Crippen LogP contribution in [-0.2, 0) is 24.3 Å². The van der Waals surface area contributed by atoms with Crippen LogP contribution < -0.4 is 10.0 Å². The SMILES string of the molecule is CC(C)[C@@H](NS(=O)(=O)c1ccccc1)C(=O)O[C@@H](C)C(=O)Nc1cc(Cl)cc(Cl)c1. The minimum absolute atomic E-state index is 0.0204. The van der Waals surface area contributed by atoms with Gasteiger partial charge in [0.1, 0.15) is 6.04 Å². The number of ether oxygens (including phenoxy) is 1. The van der Waals surface area contributed by atoms with E-state index in [1.807, 2.05) is 0 Å². The zero-order valence-corrected chi connectivity index (χ0v) is 18.9. The highest BCUT2D eigenvalue weighted by molar-refractivity contribution is 7.89. The van der Waals surface area contributed by atoms with Crippen molar-refractivity contribution in [2.24, 2.45) is 5.92 Å². The molecule has 0 radical (unpaired) electrons. The summed E-state index contributed by atoms with van der Waals surface area (Å²) in [7, 11) is -3.94. The van der Waals surface area contributed by atoms with Crippen molar-refractivity contribution in [3.05, 3.63) is 58.6 Å². The van der Waals surface area contributed by atoms with Gasteiger partial charge in [0.05, 0.1) is 4.90 Å². The lowest BCUT2D eigenvalue weighted by Gasteiger charge is -2.23. The lowest BCUT2D eigenvalue weighted by Crippen LogP contribution is -2.47. The Morgan fingerprint density at radius 3 is 2.07 bits per heavy atom. The van der Waals surface area contributed by atoms with Gasteiger partial charge in [-0.15, -0.1) is 0 Å². The van der Waals surface area contributed by atoms with Gasteiger partial charge in [-0.05, 0) is 43.2 Å². The van der Waals surface area contributed by atoms with Gasteiger partial charge in [0, 0.05) is 15.7 Å². The molecule has 0 aliphatic carbocycles. The van der Waals surface area contributed by atoms with Gasteiger partial charge in [0.25, 0.3) is 5.91 Å². The number of benzene rings is 2. The van der Waals surface area contributed by atoms with Gasteiger partial charge in [-0.25, -0.2) is 8.42 Å². The maximum atomic E-state index is 12.6. The summed E-state index contributed by atoms with van der Waals surface area (Å²) >= 11 is 11.8. The van der Waals surface area contributed by atoms with E-state index < -0.39 is 40.0 Å². The van der Waals surface area contributed by atoms with Crippen LogP contribution in [0.15, 0.2) is 53.4 Å². The number of esters is 1. The summed E-state index contributed by atoms with van der Waals surface area (Å²) in [6, 6.07) is 11.0. The molecule has 10 heteroatoms. The van der Waals surface area contributed by atoms with Crippen LogP contribution in [0.3, 0.4) is 0 Å². The van der Waals surface area contributed by atoms with E-state index in [0.717, 1.165) is 0 Å². The van der Waals surface area contributed by atoms with Gasteiger partial charge in [-0.2, -0.15) is 4.72 Å². The molecule has 30 heavy (non-hydrogen) atoms. The van der Waals surface area contributed by atoms with Crippen LogP contribution in [0.1, 0.15) is 20.8 Å². The second-order valence-corrected chi connectivity index (χ2v) is 9.47. The first-order valence-electron chi connectivity index (χ1n) is 9.04. The van der Waals surface area contributed by atoms with E-state index in [1.54, 1.807) is 32.0 Å². The molecule has 2 atom stereocenters. The summed E-state index contributed by atoms with van der Waals surface area (Å²) in [5.74, 6) is -1.90. The maximum Gasteiger partial charge on any atom is 0.325 e. The third-order valence-electron chi connectivity index (χ3n) is 4.05. The summed E-state index contributed by atoms with van der Waals surface area (Å²) in [6.45, 7) is 4.71. The summed E-state index contributed by atoms with van der Waals surface area (Å²) in [4.78, 5) is 25.0. The molecule has 2 N–H and O–H groups in total. The van der Waals surface area contributed by atoms with Crippen LogP contribution in [0, 0.1) is 5.92 Å². The fourth-order valence-electron chi connectivity index (χ4n) is 2.46. The minimum Gasteiger partial charge on any atom is -0.451 e. The second kappa shape index (κ2) is 10.3. The van der Waals surface area contributed by atoms with Crippen molar-refractivity contribution in [1.29, 1.82) is 0 Å². The quantitative estimate of drug-likeness (QED) is 0.567. The Morgan fingerprint density at radius 2 is 1.53 bits per heavy atom. The lowest BCUT2D eigenvalue weighted by atomic mass is 10.1. The predicted molar refractivity (Wildman–Crippen MR) is 116 cm³/mol. The normalized spacial score (nSPS) is 13.5. The Balaban J connectivity index is 2.07. The molecule has 7 nitrogen and oxygen atoms in total. The molecule has 0 aliphatic rings. The van der Waals surface area contributed by atoms with Gasteiger partial charge >= 0.3 is 5.97 Å². The van der Waals surface area contributed by atoms with Gasteiger partial charge < -0.3 is 10.1 Å². The first kappa shape index (κ1) is 24.1. The molecule has 0 bridgehead atoms. The Morgan fingerprint density at radius 1 is 0.967 bits per heavy atom. The molecule has 0 heterocycles. The molecule has 0 spiro atoms. The van der Waals surface area contributed by atoms with Crippen LogP contribution in [0.2, 0.25) is 10.0 Å². The predicted octanol–water partition coefficient (Wildman–Crippen LogP) is 3.87. The maximum absolute atomic E-state index is 12.6. The van der Waals surface area contributed by atoms with Crippen LogP contribution in [-0.4, -0.2) is 32.4 Å². The number of hydrogen-bond donors (Lipinski definition) is 2. The molecule has 0 saturated carbocycles. The number of anilines is 1. The molecule has 0 aromatic heterocycles.